The highest BCUT2D eigenvalue weighted by atomic mass is 32.2. The maximum Gasteiger partial charge on any atom is 0.435 e. The molecule has 0 fully saturated rings. The Balaban J connectivity index is 2.24. The number of aromatic nitrogens is 2. The van der Waals surface area contributed by atoms with Crippen LogP contribution in [0.5, 0.6) is 0 Å². The van der Waals surface area contributed by atoms with Crippen molar-refractivity contribution >= 4 is 21.8 Å². The van der Waals surface area contributed by atoms with Crippen molar-refractivity contribution < 1.29 is 26.7 Å². The summed E-state index contributed by atoms with van der Waals surface area (Å²) < 4.78 is 64.7. The zero-order chi connectivity index (χ0) is 22.3. The molecular weight excluding hydrogens is 439 g/mol. The van der Waals surface area contributed by atoms with Crippen LogP contribution in [0.15, 0.2) is 58.3 Å². The number of nitrogens with two attached hydrogens (primary N) is 1. The second kappa shape index (κ2) is 8.06. The molecular formula is C19H18F3N3O3S2. The lowest BCUT2D eigenvalue weighted by atomic mass is 10.1. The molecule has 0 aliphatic rings. The van der Waals surface area contributed by atoms with Crippen molar-refractivity contribution in [1.82, 2.24) is 9.78 Å². The monoisotopic (exact) mass is 457 g/mol. The van der Waals surface area contributed by atoms with Crippen LogP contribution in [0.25, 0.3) is 16.9 Å². The normalized spacial score (nSPS) is 13.4. The van der Waals surface area contributed by atoms with E-state index in [0.29, 0.717) is 5.56 Å². The van der Waals surface area contributed by atoms with Gasteiger partial charge in [-0.15, -0.1) is 11.8 Å². The van der Waals surface area contributed by atoms with E-state index < -0.39 is 28.0 Å². The number of sulfonamides is 1. The fourth-order valence-corrected chi connectivity index (χ4v) is 4.16. The van der Waals surface area contributed by atoms with E-state index in [0.717, 1.165) is 21.7 Å². The van der Waals surface area contributed by atoms with Crippen molar-refractivity contribution in [2.45, 2.75) is 29.0 Å². The van der Waals surface area contributed by atoms with Gasteiger partial charge in [-0.2, -0.15) is 18.3 Å². The maximum atomic E-state index is 13.3. The van der Waals surface area contributed by atoms with Crippen LogP contribution in [0.3, 0.4) is 0 Å². The second-order valence-corrected chi connectivity index (χ2v) is 8.91. The largest absolute Gasteiger partial charge is 0.435 e. The third-order valence-corrected chi connectivity index (χ3v) is 6.11. The van der Waals surface area contributed by atoms with Gasteiger partial charge in [0.2, 0.25) is 10.0 Å². The fourth-order valence-electron chi connectivity index (χ4n) is 2.94. The molecule has 0 aliphatic carbocycles. The number of thioether (sulfide) groups is 1. The maximum absolute atomic E-state index is 13.3. The zero-order valence-corrected chi connectivity index (χ0v) is 17.5. The van der Waals surface area contributed by atoms with Gasteiger partial charge in [0.15, 0.2) is 5.69 Å². The van der Waals surface area contributed by atoms with E-state index in [1.807, 2.05) is 6.26 Å². The lowest BCUT2D eigenvalue weighted by molar-refractivity contribution is -0.141. The minimum Gasteiger partial charge on any atom is -0.389 e. The summed E-state index contributed by atoms with van der Waals surface area (Å²) in [6.45, 7) is 1.33. The number of halogens is 3. The van der Waals surface area contributed by atoms with E-state index in [1.54, 1.807) is 24.3 Å². The number of aliphatic hydroxyl groups is 1. The third-order valence-electron chi connectivity index (χ3n) is 4.38. The van der Waals surface area contributed by atoms with Gasteiger partial charge in [0.1, 0.15) is 0 Å². The zero-order valence-electron chi connectivity index (χ0n) is 15.9. The summed E-state index contributed by atoms with van der Waals surface area (Å²) in [5.41, 5.74) is -0.333. The number of hydrogen-bond acceptors (Lipinski definition) is 5. The number of hydrogen-bond donors (Lipinski definition) is 2. The van der Waals surface area contributed by atoms with Crippen molar-refractivity contribution in [3.05, 3.63) is 59.8 Å². The van der Waals surface area contributed by atoms with Crippen molar-refractivity contribution in [3.8, 4) is 16.9 Å². The molecule has 30 heavy (non-hydrogen) atoms. The molecule has 1 heterocycles. The van der Waals surface area contributed by atoms with Gasteiger partial charge in [-0.3, -0.25) is 0 Å². The number of alkyl halides is 3. The summed E-state index contributed by atoms with van der Waals surface area (Å²) in [5, 5.41) is 18.9. The highest BCUT2D eigenvalue weighted by Gasteiger charge is 2.35. The SMILES string of the molecule is CSc1ccc(-c2cc(C(F)(F)F)nn2-c2ccc(S(N)(=O)=O)c(C(C)O)c2)cc1. The molecule has 6 nitrogen and oxygen atoms in total. The summed E-state index contributed by atoms with van der Waals surface area (Å²) in [5.74, 6) is 0. The highest BCUT2D eigenvalue weighted by Crippen LogP contribution is 2.34. The summed E-state index contributed by atoms with van der Waals surface area (Å²) in [4.78, 5) is 0.630. The van der Waals surface area contributed by atoms with Gasteiger partial charge in [-0.25, -0.2) is 18.2 Å². The molecule has 3 N–H and O–H groups in total. The van der Waals surface area contributed by atoms with Crippen LogP contribution in [0.1, 0.15) is 24.3 Å². The summed E-state index contributed by atoms with van der Waals surface area (Å²) in [7, 11) is -4.14. The number of rotatable bonds is 5. The van der Waals surface area contributed by atoms with Crippen LogP contribution in [0.4, 0.5) is 13.2 Å². The Kier molecular flexibility index (Phi) is 6.01. The molecule has 0 spiro atoms. The molecule has 0 saturated heterocycles. The molecule has 1 atom stereocenters. The number of primary sulfonamides is 1. The smallest absolute Gasteiger partial charge is 0.389 e. The highest BCUT2D eigenvalue weighted by molar-refractivity contribution is 7.98. The molecule has 0 aliphatic heterocycles. The van der Waals surface area contributed by atoms with Gasteiger partial charge in [0.25, 0.3) is 0 Å². The van der Waals surface area contributed by atoms with Gasteiger partial charge in [-0.05, 0) is 49.6 Å². The van der Waals surface area contributed by atoms with E-state index in [9.17, 15) is 26.7 Å². The Hall–Kier alpha value is -2.34. The standard InChI is InChI=1S/C19H18F3N3O3S2/c1-11(26)15-9-13(5-8-17(15)30(23,27)28)25-16(10-18(24-25)19(20,21)22)12-3-6-14(29-2)7-4-12/h3-11,26H,1-2H3,(H2,23,27,28). The first-order valence-corrected chi connectivity index (χ1v) is 11.4. The summed E-state index contributed by atoms with van der Waals surface area (Å²) in [6, 6.07) is 11.5. The summed E-state index contributed by atoms with van der Waals surface area (Å²) in [6.07, 6.45) is -4.02. The molecule has 160 valence electrons. The molecule has 0 radical (unpaired) electrons. The van der Waals surface area contributed by atoms with Gasteiger partial charge in [-0.1, -0.05) is 12.1 Å². The minimum atomic E-state index is -4.67. The average Bonchev–Trinajstić information content (AvgIpc) is 3.12. The Morgan fingerprint density at radius 1 is 1.13 bits per heavy atom. The Morgan fingerprint density at radius 3 is 2.27 bits per heavy atom. The minimum absolute atomic E-state index is 0.0391. The van der Waals surface area contributed by atoms with Gasteiger partial charge in [0.05, 0.1) is 22.4 Å². The van der Waals surface area contributed by atoms with Crippen LogP contribution in [-0.2, 0) is 16.2 Å². The first kappa shape index (κ1) is 22.3. The molecule has 0 saturated carbocycles. The van der Waals surface area contributed by atoms with Gasteiger partial charge >= 0.3 is 6.18 Å². The molecule has 2 aromatic carbocycles. The Labute approximate surface area is 175 Å². The Morgan fingerprint density at radius 2 is 1.77 bits per heavy atom. The van der Waals surface area contributed by atoms with E-state index in [2.05, 4.69) is 5.10 Å². The molecule has 11 heteroatoms. The van der Waals surface area contributed by atoms with Crippen molar-refractivity contribution in [3.63, 3.8) is 0 Å². The average molecular weight is 457 g/mol. The topological polar surface area (TPSA) is 98.2 Å². The first-order valence-electron chi connectivity index (χ1n) is 8.58. The summed E-state index contributed by atoms with van der Waals surface area (Å²) >= 11 is 1.49. The molecule has 1 unspecified atom stereocenters. The van der Waals surface area contributed by atoms with Crippen molar-refractivity contribution in [2.75, 3.05) is 6.26 Å². The fraction of sp³-hybridized carbons (Fsp3) is 0.211. The number of benzene rings is 2. The molecule has 3 aromatic rings. The van der Waals surface area contributed by atoms with E-state index >= 15 is 0 Å². The van der Waals surface area contributed by atoms with Crippen LogP contribution >= 0.6 is 11.8 Å². The lowest BCUT2D eigenvalue weighted by Gasteiger charge is -2.14. The van der Waals surface area contributed by atoms with E-state index in [-0.39, 0.29) is 21.8 Å². The van der Waals surface area contributed by atoms with Crippen LogP contribution in [0.2, 0.25) is 0 Å². The lowest BCUT2D eigenvalue weighted by Crippen LogP contribution is -2.16. The molecule has 0 amide bonds. The van der Waals surface area contributed by atoms with Gasteiger partial charge < -0.3 is 5.11 Å². The second-order valence-electron chi connectivity index (χ2n) is 6.50. The Bertz CT molecular complexity index is 1170. The molecule has 1 aromatic heterocycles. The van der Waals surface area contributed by atoms with Crippen molar-refractivity contribution in [1.29, 1.82) is 0 Å². The third kappa shape index (κ3) is 4.53. The number of nitrogens with zero attached hydrogens (tertiary/aromatic N) is 2. The predicted molar refractivity (Wildman–Crippen MR) is 108 cm³/mol. The van der Waals surface area contributed by atoms with Crippen LogP contribution in [-0.4, -0.2) is 29.6 Å². The van der Waals surface area contributed by atoms with Gasteiger partial charge in [0, 0.05) is 16.0 Å². The number of aliphatic hydroxyl groups excluding tert-OH is 1. The van der Waals surface area contributed by atoms with E-state index in [1.165, 1.54) is 30.8 Å². The molecule has 0 bridgehead atoms. The van der Waals surface area contributed by atoms with Crippen LogP contribution in [0, 0.1) is 0 Å². The predicted octanol–water partition coefficient (Wildman–Crippen LogP) is 3.98. The molecule has 3 rings (SSSR count). The van der Waals surface area contributed by atoms with E-state index in [4.69, 9.17) is 5.14 Å². The first-order chi connectivity index (χ1) is 13.9. The van der Waals surface area contributed by atoms with Crippen molar-refractivity contribution in [2.24, 2.45) is 5.14 Å². The quantitative estimate of drug-likeness (QED) is 0.565. The van der Waals surface area contributed by atoms with Crippen LogP contribution < -0.4 is 5.14 Å².